The van der Waals surface area contributed by atoms with Gasteiger partial charge in [0.05, 0.1) is 0 Å². The van der Waals surface area contributed by atoms with Crippen LogP contribution >= 0.6 is 23.5 Å². The molecule has 2 unspecified atom stereocenters. The van der Waals surface area contributed by atoms with Crippen LogP contribution in [0.3, 0.4) is 0 Å². The first-order valence-corrected chi connectivity index (χ1v) is 27.6. The van der Waals surface area contributed by atoms with Crippen molar-refractivity contribution in [1.82, 2.24) is 0 Å². The van der Waals surface area contributed by atoms with Crippen molar-refractivity contribution in [2.45, 2.75) is 181 Å². The van der Waals surface area contributed by atoms with E-state index in [2.05, 4.69) is 28.7 Å². The second-order valence-electron chi connectivity index (χ2n) is 11.7. The van der Waals surface area contributed by atoms with Crippen LogP contribution in [0.2, 0.25) is 14.8 Å². The first-order chi connectivity index (χ1) is 20.1. The number of unbranched alkanes of at least 4 members (excludes halogenated alkanes) is 20. The van der Waals surface area contributed by atoms with E-state index in [4.69, 9.17) is 20.4 Å². The number of carboxylic acid groups (broad SMARTS) is 2. The Kier molecular flexibility index (Phi) is 43.9. The summed E-state index contributed by atoms with van der Waals surface area (Å²) in [5.41, 5.74) is -2.49. The zero-order valence-electron chi connectivity index (χ0n) is 28.0. The minimum absolute atomic E-state index is 0.543. The average Bonchev–Trinajstić information content (AvgIpc) is 2.93. The second-order valence-corrected chi connectivity index (χ2v) is 22.6. The van der Waals surface area contributed by atoms with E-state index in [1.165, 1.54) is 116 Å². The molecule has 1 radical (unpaired) electrons. The minimum atomic E-state index is -1.25. The Bertz CT molecular complexity index is 552. The summed E-state index contributed by atoms with van der Waals surface area (Å²) in [7, 11) is 0. The molecule has 0 aliphatic heterocycles. The van der Waals surface area contributed by atoms with Gasteiger partial charge in [0.2, 0.25) is 0 Å². The number of aliphatic hydroxyl groups is 2. The van der Waals surface area contributed by atoms with Gasteiger partial charge >= 0.3 is 46.5 Å². The monoisotopic (exact) mass is 745 g/mol. The van der Waals surface area contributed by atoms with Gasteiger partial charge in [-0.1, -0.05) is 142 Å². The Labute approximate surface area is 276 Å². The molecule has 253 valence electrons. The van der Waals surface area contributed by atoms with E-state index in [1.54, 1.807) is 0 Å². The summed E-state index contributed by atoms with van der Waals surface area (Å²) in [4.78, 5) is 27.8. The van der Waals surface area contributed by atoms with Crippen LogP contribution in [0.5, 0.6) is 0 Å². The molecule has 9 heteroatoms. The molecule has 0 saturated carbocycles. The molecule has 0 amide bonds. The fraction of sp³-hybridized carbons (Fsp3) is 0.939. The topological polar surface area (TPSA) is 115 Å². The molecule has 0 saturated heterocycles. The third-order valence-electron chi connectivity index (χ3n) is 6.47. The van der Waals surface area contributed by atoms with E-state index in [0.29, 0.717) is 0 Å². The molecule has 42 heavy (non-hydrogen) atoms. The predicted molar refractivity (Wildman–Crippen MR) is 188 cm³/mol. The molecular weight excluding hydrogens is 675 g/mol. The molecule has 0 aromatic carbocycles. The Balaban J connectivity index is -0.000000665. The maximum absolute atomic E-state index is 10.4. The molecular formula is C33H69O6S2Sn. The zero-order valence-corrected chi connectivity index (χ0v) is 32.5. The molecule has 0 rings (SSSR count). The van der Waals surface area contributed by atoms with Crippen LogP contribution in [-0.2, 0) is 9.59 Å². The van der Waals surface area contributed by atoms with Crippen LogP contribution in [-0.4, -0.2) is 74.5 Å². The molecule has 0 bridgehead atoms. The van der Waals surface area contributed by atoms with E-state index in [1.807, 2.05) is 0 Å². The van der Waals surface area contributed by atoms with E-state index in [9.17, 15) is 9.59 Å². The average molecular weight is 745 g/mol. The van der Waals surface area contributed by atoms with E-state index in [0.717, 1.165) is 60.7 Å². The van der Waals surface area contributed by atoms with Crippen LogP contribution in [0, 0.1) is 0 Å². The Morgan fingerprint density at radius 2 is 0.667 bits per heavy atom. The van der Waals surface area contributed by atoms with E-state index >= 15 is 0 Å². The van der Waals surface area contributed by atoms with Crippen LogP contribution in [0.25, 0.3) is 0 Å². The van der Waals surface area contributed by atoms with Crippen molar-refractivity contribution in [3.63, 3.8) is 0 Å². The molecule has 0 heterocycles. The first kappa shape index (κ1) is 46.8. The number of hydrogen-bond acceptors (Lipinski definition) is 6. The normalized spacial score (nSPS) is 12.2. The fourth-order valence-corrected chi connectivity index (χ4v) is 5.54. The zero-order chi connectivity index (χ0) is 32.3. The quantitative estimate of drug-likeness (QED) is 0.0356. The number of carbonyl (C=O) groups is 2. The standard InChI is InChI=1S/C18H36O3S.C12H24O3S.3CH3.Sn/c1-2-3-4-5-6-7-8-9-10-11-12-13-14-15-16-22-18(21)17(19)20;1-2-3-4-5-6-7-8-9-10-16-12(15)11(13)14;;;;/h18,21H,2-16H2,1H3,(H,19,20);12,15H,2-10H2,1H3,(H,13,14);3*1H3;. The molecule has 0 aromatic heterocycles. The van der Waals surface area contributed by atoms with Crippen molar-refractivity contribution in [2.75, 3.05) is 11.5 Å². The van der Waals surface area contributed by atoms with Gasteiger partial charge in [-0.05, 0) is 24.3 Å². The van der Waals surface area contributed by atoms with Gasteiger partial charge in [0, 0.05) is 0 Å². The molecule has 0 aliphatic rings. The van der Waals surface area contributed by atoms with Crippen molar-refractivity contribution in [1.29, 1.82) is 0 Å². The second kappa shape index (κ2) is 39.4. The summed E-state index contributed by atoms with van der Waals surface area (Å²) in [6, 6.07) is 0. The number of aliphatic hydroxyl groups excluding tert-OH is 2. The van der Waals surface area contributed by atoms with Gasteiger partial charge in [0.25, 0.3) is 0 Å². The summed E-state index contributed by atoms with van der Waals surface area (Å²) in [5, 5.41) is 35.0. The van der Waals surface area contributed by atoms with Crippen LogP contribution in [0.4, 0.5) is 0 Å². The molecule has 4 N–H and O–H groups in total. The van der Waals surface area contributed by atoms with Gasteiger partial charge in [0.15, 0.2) is 10.9 Å². The van der Waals surface area contributed by atoms with E-state index in [-0.39, 0.29) is 0 Å². The molecule has 0 spiro atoms. The van der Waals surface area contributed by atoms with Gasteiger partial charge < -0.3 is 20.4 Å². The van der Waals surface area contributed by atoms with Gasteiger partial charge in [0.1, 0.15) is 0 Å². The maximum atomic E-state index is 10.4. The SMILES string of the molecule is CCCCCCCCCCCCCCCCSC(O)C(=O)O.CCCCCCCCCCSC(O)C(=O)O.[CH3][Sn]([CH3])[CH3]. The number of carboxylic acids is 2. The van der Waals surface area contributed by atoms with Crippen molar-refractivity contribution in [3.8, 4) is 0 Å². The van der Waals surface area contributed by atoms with Crippen LogP contribution in [0.15, 0.2) is 0 Å². The van der Waals surface area contributed by atoms with Crippen LogP contribution in [0.1, 0.15) is 155 Å². The van der Waals surface area contributed by atoms with Crippen molar-refractivity contribution in [3.05, 3.63) is 0 Å². The first-order valence-electron chi connectivity index (χ1n) is 16.9. The summed E-state index contributed by atoms with van der Waals surface area (Å²) >= 11 is 1.69. The van der Waals surface area contributed by atoms with E-state index < -0.39 is 42.6 Å². The Morgan fingerprint density at radius 1 is 0.476 bits per heavy atom. The summed E-state index contributed by atoms with van der Waals surface area (Å²) in [6.07, 6.45) is 28.5. The van der Waals surface area contributed by atoms with Crippen molar-refractivity contribution < 1.29 is 30.0 Å². The van der Waals surface area contributed by atoms with Crippen molar-refractivity contribution >= 4 is 55.2 Å². The number of rotatable bonds is 28. The number of aliphatic carboxylic acids is 2. The molecule has 0 aliphatic carbocycles. The van der Waals surface area contributed by atoms with Gasteiger partial charge in [-0.25, -0.2) is 9.59 Å². The van der Waals surface area contributed by atoms with Crippen molar-refractivity contribution in [2.24, 2.45) is 0 Å². The molecule has 0 fully saturated rings. The fourth-order valence-electron chi connectivity index (χ4n) is 4.07. The van der Waals surface area contributed by atoms with Crippen LogP contribution < -0.4 is 0 Å². The summed E-state index contributed by atoms with van der Waals surface area (Å²) < 4.78 is 0. The Hall–Kier alpha value is 0.359. The molecule has 2 atom stereocenters. The Morgan fingerprint density at radius 3 is 0.857 bits per heavy atom. The van der Waals surface area contributed by atoms with Gasteiger partial charge in [-0.15, -0.1) is 23.5 Å². The van der Waals surface area contributed by atoms with Gasteiger partial charge in [-0.3, -0.25) is 0 Å². The number of thioether (sulfide) groups is 2. The third-order valence-corrected chi connectivity index (χ3v) is 8.55. The molecule has 0 aromatic rings. The summed E-state index contributed by atoms with van der Waals surface area (Å²) in [5.74, 6) is -0.784. The predicted octanol–water partition coefficient (Wildman–Crippen LogP) is 10.2. The van der Waals surface area contributed by atoms with Gasteiger partial charge in [-0.2, -0.15) is 0 Å². The molecule has 6 nitrogen and oxygen atoms in total. The summed E-state index contributed by atoms with van der Waals surface area (Å²) in [6.45, 7) is 4.48. The third kappa shape index (κ3) is 47.3. The number of hydrogen-bond donors (Lipinski definition) is 4.